The van der Waals surface area contributed by atoms with Gasteiger partial charge < -0.3 is 10.0 Å². The van der Waals surface area contributed by atoms with Gasteiger partial charge in [-0.15, -0.1) is 0 Å². The molecule has 4 heteroatoms. The molecule has 76 valence electrons. The molecule has 0 bridgehead atoms. The van der Waals surface area contributed by atoms with E-state index in [1.165, 1.54) is 6.33 Å². The topological polar surface area (TPSA) is 49.2 Å². The minimum Gasteiger partial charge on any atom is -0.382 e. The standard InChI is InChI=1S/C10H15N3O/c1-13-6-2-4-10(14,7-13)9-3-5-11-8-12-9/h3,5,8,14H,2,4,6-7H2,1H3. The summed E-state index contributed by atoms with van der Waals surface area (Å²) >= 11 is 0. The molecule has 14 heavy (non-hydrogen) atoms. The number of hydrogen-bond acceptors (Lipinski definition) is 4. The summed E-state index contributed by atoms with van der Waals surface area (Å²) in [5, 5.41) is 10.4. The summed E-state index contributed by atoms with van der Waals surface area (Å²) in [5.74, 6) is 0. The number of β-amino-alcohol motifs (C(OH)–C–C–N with tert-alkyl or cyclic N) is 1. The first kappa shape index (κ1) is 9.55. The normalized spacial score (nSPS) is 29.0. The zero-order valence-electron chi connectivity index (χ0n) is 8.35. The van der Waals surface area contributed by atoms with Crippen molar-refractivity contribution in [2.75, 3.05) is 20.1 Å². The van der Waals surface area contributed by atoms with E-state index >= 15 is 0 Å². The second-order valence-corrected chi connectivity index (χ2v) is 3.97. The molecule has 0 aromatic carbocycles. The van der Waals surface area contributed by atoms with Crippen LogP contribution in [0.5, 0.6) is 0 Å². The average molecular weight is 193 g/mol. The SMILES string of the molecule is CN1CCCC(O)(c2ccncn2)C1. The molecular formula is C10H15N3O. The number of likely N-dealkylation sites (N-methyl/N-ethyl adjacent to an activating group) is 1. The Morgan fingerprint density at radius 2 is 2.43 bits per heavy atom. The minimum absolute atomic E-state index is 0.657. The molecule has 0 aliphatic carbocycles. The monoisotopic (exact) mass is 193 g/mol. The molecule has 1 aliphatic heterocycles. The smallest absolute Gasteiger partial charge is 0.119 e. The molecule has 1 saturated heterocycles. The maximum atomic E-state index is 10.4. The number of nitrogens with zero attached hydrogens (tertiary/aromatic N) is 3. The predicted octanol–water partition coefficient (Wildman–Crippen LogP) is 0.390. The van der Waals surface area contributed by atoms with E-state index in [4.69, 9.17) is 0 Å². The van der Waals surface area contributed by atoms with E-state index in [1.54, 1.807) is 12.3 Å². The predicted molar refractivity (Wildman–Crippen MR) is 52.7 cm³/mol. The van der Waals surface area contributed by atoms with Crippen molar-refractivity contribution >= 4 is 0 Å². The Kier molecular flexibility index (Phi) is 2.48. The van der Waals surface area contributed by atoms with E-state index in [1.807, 2.05) is 7.05 Å². The van der Waals surface area contributed by atoms with Gasteiger partial charge in [0, 0.05) is 12.7 Å². The Balaban J connectivity index is 2.23. The van der Waals surface area contributed by atoms with Gasteiger partial charge in [-0.3, -0.25) is 0 Å². The molecule has 0 amide bonds. The van der Waals surface area contributed by atoms with Crippen LogP contribution in [0.15, 0.2) is 18.6 Å². The molecule has 0 saturated carbocycles. The van der Waals surface area contributed by atoms with E-state index < -0.39 is 5.60 Å². The molecule has 1 aromatic heterocycles. The number of aromatic nitrogens is 2. The van der Waals surface area contributed by atoms with Gasteiger partial charge in [-0.1, -0.05) is 0 Å². The van der Waals surface area contributed by atoms with Crippen LogP contribution >= 0.6 is 0 Å². The molecule has 0 radical (unpaired) electrons. The lowest BCUT2D eigenvalue weighted by Crippen LogP contribution is -2.44. The molecule has 1 atom stereocenters. The maximum absolute atomic E-state index is 10.4. The third-order valence-corrected chi connectivity index (χ3v) is 2.72. The molecular weight excluding hydrogens is 178 g/mol. The van der Waals surface area contributed by atoms with Gasteiger partial charge in [0.1, 0.15) is 11.9 Å². The molecule has 1 unspecified atom stereocenters. The number of piperidine rings is 1. The summed E-state index contributed by atoms with van der Waals surface area (Å²) in [7, 11) is 2.02. The van der Waals surface area contributed by atoms with Crippen molar-refractivity contribution in [3.05, 3.63) is 24.3 Å². The lowest BCUT2D eigenvalue weighted by atomic mass is 9.90. The maximum Gasteiger partial charge on any atom is 0.119 e. The van der Waals surface area contributed by atoms with Gasteiger partial charge in [-0.25, -0.2) is 9.97 Å². The van der Waals surface area contributed by atoms with Crippen molar-refractivity contribution < 1.29 is 5.11 Å². The second-order valence-electron chi connectivity index (χ2n) is 3.97. The fraction of sp³-hybridized carbons (Fsp3) is 0.600. The van der Waals surface area contributed by atoms with E-state index in [-0.39, 0.29) is 0 Å². The van der Waals surface area contributed by atoms with E-state index in [0.717, 1.165) is 25.1 Å². The summed E-state index contributed by atoms with van der Waals surface area (Å²) in [6.45, 7) is 1.71. The fourth-order valence-corrected chi connectivity index (χ4v) is 2.02. The number of rotatable bonds is 1. The first-order valence-electron chi connectivity index (χ1n) is 4.88. The van der Waals surface area contributed by atoms with Crippen LogP contribution in [0.4, 0.5) is 0 Å². The average Bonchev–Trinajstić information content (AvgIpc) is 2.19. The van der Waals surface area contributed by atoms with Gasteiger partial charge >= 0.3 is 0 Å². The zero-order valence-corrected chi connectivity index (χ0v) is 8.35. The highest BCUT2D eigenvalue weighted by atomic mass is 16.3. The number of aliphatic hydroxyl groups is 1. The van der Waals surface area contributed by atoms with Crippen LogP contribution in [0.3, 0.4) is 0 Å². The summed E-state index contributed by atoms with van der Waals surface area (Å²) in [6, 6.07) is 1.79. The molecule has 2 rings (SSSR count). The Morgan fingerprint density at radius 1 is 1.57 bits per heavy atom. The lowest BCUT2D eigenvalue weighted by Gasteiger charge is -2.36. The van der Waals surface area contributed by atoms with Crippen LogP contribution in [-0.4, -0.2) is 40.1 Å². The van der Waals surface area contributed by atoms with E-state index in [0.29, 0.717) is 6.54 Å². The molecule has 2 heterocycles. The Labute approximate surface area is 83.6 Å². The molecule has 1 N–H and O–H groups in total. The minimum atomic E-state index is -0.782. The van der Waals surface area contributed by atoms with Crippen molar-refractivity contribution in [1.82, 2.24) is 14.9 Å². The number of likely N-dealkylation sites (tertiary alicyclic amines) is 1. The molecule has 0 spiro atoms. The molecule has 1 aliphatic rings. The summed E-state index contributed by atoms with van der Waals surface area (Å²) in [6.07, 6.45) is 4.96. The highest BCUT2D eigenvalue weighted by Gasteiger charge is 2.34. The molecule has 1 aromatic rings. The van der Waals surface area contributed by atoms with E-state index in [2.05, 4.69) is 14.9 Å². The van der Waals surface area contributed by atoms with Crippen LogP contribution < -0.4 is 0 Å². The van der Waals surface area contributed by atoms with Crippen LogP contribution in [0.2, 0.25) is 0 Å². The first-order valence-corrected chi connectivity index (χ1v) is 4.88. The van der Waals surface area contributed by atoms with Gasteiger partial charge in [-0.2, -0.15) is 0 Å². The van der Waals surface area contributed by atoms with Crippen molar-refractivity contribution in [3.63, 3.8) is 0 Å². The van der Waals surface area contributed by atoms with Crippen LogP contribution in [-0.2, 0) is 5.60 Å². The van der Waals surface area contributed by atoms with Gasteiger partial charge in [0.15, 0.2) is 0 Å². The first-order chi connectivity index (χ1) is 6.71. The summed E-state index contributed by atoms with van der Waals surface area (Å²) in [5.41, 5.74) is -0.0466. The Hall–Kier alpha value is -1.00. The zero-order chi connectivity index (χ0) is 10.0. The van der Waals surface area contributed by atoms with Gasteiger partial charge in [-0.05, 0) is 32.5 Å². The third kappa shape index (κ3) is 1.76. The largest absolute Gasteiger partial charge is 0.382 e. The molecule has 4 nitrogen and oxygen atoms in total. The summed E-state index contributed by atoms with van der Waals surface area (Å²) in [4.78, 5) is 10.1. The van der Waals surface area contributed by atoms with E-state index in [9.17, 15) is 5.11 Å². The number of hydrogen-bond donors (Lipinski definition) is 1. The van der Waals surface area contributed by atoms with Crippen LogP contribution in [0, 0.1) is 0 Å². The van der Waals surface area contributed by atoms with Crippen molar-refractivity contribution in [3.8, 4) is 0 Å². The lowest BCUT2D eigenvalue weighted by molar-refractivity contribution is -0.0313. The van der Waals surface area contributed by atoms with Gasteiger partial charge in [0.25, 0.3) is 0 Å². The van der Waals surface area contributed by atoms with Gasteiger partial charge in [0.2, 0.25) is 0 Å². The van der Waals surface area contributed by atoms with Crippen molar-refractivity contribution in [2.24, 2.45) is 0 Å². The fourth-order valence-electron chi connectivity index (χ4n) is 2.02. The third-order valence-electron chi connectivity index (χ3n) is 2.72. The molecule has 1 fully saturated rings. The Bertz CT molecular complexity index is 303. The van der Waals surface area contributed by atoms with Crippen LogP contribution in [0.25, 0.3) is 0 Å². The van der Waals surface area contributed by atoms with Crippen molar-refractivity contribution in [1.29, 1.82) is 0 Å². The van der Waals surface area contributed by atoms with Gasteiger partial charge in [0.05, 0.1) is 5.69 Å². The Morgan fingerprint density at radius 3 is 3.07 bits per heavy atom. The quantitative estimate of drug-likeness (QED) is 0.701. The van der Waals surface area contributed by atoms with Crippen LogP contribution in [0.1, 0.15) is 18.5 Å². The highest BCUT2D eigenvalue weighted by molar-refractivity contribution is 5.11. The summed E-state index contributed by atoms with van der Waals surface area (Å²) < 4.78 is 0. The highest BCUT2D eigenvalue weighted by Crippen LogP contribution is 2.28. The second kappa shape index (κ2) is 3.63. The van der Waals surface area contributed by atoms with Crippen molar-refractivity contribution in [2.45, 2.75) is 18.4 Å².